The summed E-state index contributed by atoms with van der Waals surface area (Å²) in [5, 5.41) is 0.203. The number of rotatable bonds is 6. The average molecular weight is 672 g/mol. The molecule has 0 bridgehead atoms. The molecule has 1 spiro atoms. The topological polar surface area (TPSA) is 150 Å². The number of aromatic nitrogens is 3. The minimum Gasteiger partial charge on any atom is -0.443 e. The summed E-state index contributed by atoms with van der Waals surface area (Å²) in [5.41, 5.74) is -1.48. The molecule has 2 aromatic heterocycles. The number of amides is 4. The van der Waals surface area contributed by atoms with Gasteiger partial charge in [0.15, 0.2) is 0 Å². The van der Waals surface area contributed by atoms with Crippen LogP contribution in [0.3, 0.4) is 0 Å². The first-order valence-corrected chi connectivity index (χ1v) is 15.6. The highest BCUT2D eigenvalue weighted by Crippen LogP contribution is 2.46. The van der Waals surface area contributed by atoms with Gasteiger partial charge in [0.2, 0.25) is 5.91 Å². The van der Waals surface area contributed by atoms with E-state index in [1.807, 2.05) is 0 Å². The number of hydrogen-bond donors (Lipinski definition) is 0. The number of carbonyl (C=O) groups is 4. The zero-order valence-corrected chi connectivity index (χ0v) is 28.8. The van der Waals surface area contributed by atoms with Crippen LogP contribution in [0.4, 0.5) is 14.4 Å². The highest BCUT2D eigenvalue weighted by Gasteiger charge is 2.51. The fourth-order valence-corrected chi connectivity index (χ4v) is 5.16. The molecule has 0 radical (unpaired) electrons. The van der Waals surface area contributed by atoms with Crippen LogP contribution < -0.4 is 0 Å². The Morgan fingerprint density at radius 1 is 0.957 bits per heavy atom. The second-order valence-electron chi connectivity index (χ2n) is 14.3. The molecule has 4 rings (SSSR count). The third kappa shape index (κ3) is 9.48. The lowest BCUT2D eigenvalue weighted by atomic mass is 10.0. The maximum atomic E-state index is 13.3. The Bertz CT molecular complexity index is 1530. The molecule has 1 aliphatic carbocycles. The van der Waals surface area contributed by atoms with Gasteiger partial charge in [0.1, 0.15) is 28.3 Å². The number of nitrogens with zero attached hydrogens (tertiary/aromatic N) is 5. The Hall–Kier alpha value is -4.10. The zero-order valence-electron chi connectivity index (χ0n) is 28.1. The second-order valence-corrected chi connectivity index (χ2v) is 14.7. The molecule has 0 aromatic carbocycles. The third-order valence-corrected chi connectivity index (χ3v) is 7.33. The van der Waals surface area contributed by atoms with Gasteiger partial charge in [0.25, 0.3) is 0 Å². The largest absolute Gasteiger partial charge is 0.443 e. The van der Waals surface area contributed by atoms with Gasteiger partial charge in [0, 0.05) is 12.1 Å². The summed E-state index contributed by atoms with van der Waals surface area (Å²) in [6.07, 6.45) is 0.772. The van der Waals surface area contributed by atoms with E-state index in [9.17, 15) is 19.2 Å². The average Bonchev–Trinajstić information content (AvgIpc) is 3.67. The van der Waals surface area contributed by atoms with Crippen molar-refractivity contribution >= 4 is 35.8 Å². The molecular formula is C33H42ClN5O8. The van der Waals surface area contributed by atoms with Gasteiger partial charge in [-0.2, -0.15) is 0 Å². The smallest absolute Gasteiger partial charge is 0.429 e. The Balaban J connectivity index is 1.55. The monoisotopic (exact) mass is 671 g/mol. The molecule has 1 aliphatic heterocycles. The number of morpholine rings is 1. The van der Waals surface area contributed by atoms with Gasteiger partial charge in [-0.15, -0.1) is 4.90 Å². The van der Waals surface area contributed by atoms with Crippen molar-refractivity contribution in [2.24, 2.45) is 0 Å². The van der Waals surface area contributed by atoms with Gasteiger partial charge in [0.05, 0.1) is 36.2 Å². The van der Waals surface area contributed by atoms with Crippen molar-refractivity contribution in [2.45, 2.75) is 103 Å². The fraction of sp³-hybridized carbons (Fsp3) is 0.545. The van der Waals surface area contributed by atoms with Crippen molar-refractivity contribution in [1.29, 1.82) is 0 Å². The van der Waals surface area contributed by atoms with Gasteiger partial charge in [-0.3, -0.25) is 4.79 Å². The molecule has 4 amide bonds. The summed E-state index contributed by atoms with van der Waals surface area (Å²) < 4.78 is 22.3. The van der Waals surface area contributed by atoms with Crippen LogP contribution in [0.1, 0.15) is 85.5 Å². The summed E-state index contributed by atoms with van der Waals surface area (Å²) in [6, 6.07) is 4.76. The van der Waals surface area contributed by atoms with Crippen LogP contribution in [0, 0.1) is 0 Å². The zero-order chi connectivity index (χ0) is 34.9. The van der Waals surface area contributed by atoms with Crippen LogP contribution in [-0.4, -0.2) is 84.5 Å². The van der Waals surface area contributed by atoms with Gasteiger partial charge < -0.3 is 23.8 Å². The van der Waals surface area contributed by atoms with Crippen LogP contribution in [0.5, 0.6) is 0 Å². The van der Waals surface area contributed by atoms with E-state index < -0.39 is 41.1 Å². The molecule has 3 heterocycles. The lowest BCUT2D eigenvalue weighted by Gasteiger charge is -2.40. The minimum absolute atomic E-state index is 0.0678. The molecule has 254 valence electrons. The standard InChI is InChI=1S/C33H42ClN5O8/c1-10-26(40)38-18-33(11-12-33)44-17-24(38)20-13-23(37-25(34)14-20)22-15-21(35-19-36-22)16-32(8,9)47-29(43)39(27(41)45-30(2,3)4)28(42)46-31(5,6)7/h10,13-15,19,24H,1,11-12,16-18H2,2-9H3. The number of imide groups is 3. The first kappa shape index (κ1) is 35.7. The second kappa shape index (κ2) is 13.2. The highest BCUT2D eigenvalue weighted by molar-refractivity contribution is 6.29. The van der Waals surface area contributed by atoms with Gasteiger partial charge in [-0.05, 0) is 98.1 Å². The number of ether oxygens (including phenoxy) is 4. The van der Waals surface area contributed by atoms with E-state index in [2.05, 4.69) is 21.5 Å². The molecule has 47 heavy (non-hydrogen) atoms. The van der Waals surface area contributed by atoms with E-state index >= 15 is 0 Å². The molecule has 1 unspecified atom stereocenters. The molecule has 1 atom stereocenters. The molecule has 2 fully saturated rings. The van der Waals surface area contributed by atoms with Crippen molar-refractivity contribution in [3.63, 3.8) is 0 Å². The fourth-order valence-electron chi connectivity index (χ4n) is 4.95. The van der Waals surface area contributed by atoms with E-state index in [1.165, 1.54) is 12.4 Å². The molecule has 2 aliphatic rings. The molecule has 13 nitrogen and oxygen atoms in total. The lowest BCUT2D eigenvalue weighted by molar-refractivity contribution is -0.143. The predicted octanol–water partition coefficient (Wildman–Crippen LogP) is 6.44. The van der Waals surface area contributed by atoms with Gasteiger partial charge >= 0.3 is 18.3 Å². The first-order valence-electron chi connectivity index (χ1n) is 15.2. The summed E-state index contributed by atoms with van der Waals surface area (Å²) in [5.74, 6) is -0.197. The highest BCUT2D eigenvalue weighted by atomic mass is 35.5. The number of halogens is 1. The van der Waals surface area contributed by atoms with E-state index in [4.69, 9.17) is 30.5 Å². The van der Waals surface area contributed by atoms with E-state index in [0.29, 0.717) is 30.2 Å². The normalized spacial score (nSPS) is 17.5. The van der Waals surface area contributed by atoms with Crippen molar-refractivity contribution < 1.29 is 38.1 Å². The Labute approximate surface area is 279 Å². The Morgan fingerprint density at radius 2 is 1.55 bits per heavy atom. The van der Waals surface area contributed by atoms with Crippen LogP contribution in [0.25, 0.3) is 11.4 Å². The summed E-state index contributed by atoms with van der Waals surface area (Å²) >= 11 is 6.46. The number of carbonyl (C=O) groups excluding carboxylic acids is 4. The van der Waals surface area contributed by atoms with E-state index in [1.54, 1.807) is 78.5 Å². The summed E-state index contributed by atoms with van der Waals surface area (Å²) in [6.45, 7) is 17.2. The first-order chi connectivity index (χ1) is 21.7. The summed E-state index contributed by atoms with van der Waals surface area (Å²) in [7, 11) is 0. The SMILES string of the molecule is C=CC(=O)N1CC2(CC2)OCC1c1cc(Cl)nc(-c2cc(CC(C)(C)OC(=O)N(C(=O)OC(C)(C)C)C(=O)OC(C)(C)C)ncn2)c1. The minimum atomic E-state index is -1.27. The third-order valence-electron chi connectivity index (χ3n) is 7.14. The molecular weight excluding hydrogens is 630 g/mol. The quantitative estimate of drug-likeness (QED) is 0.190. The van der Waals surface area contributed by atoms with E-state index in [0.717, 1.165) is 18.4 Å². The maximum absolute atomic E-state index is 13.3. The Kier molecular flexibility index (Phi) is 10.0. The molecule has 14 heteroatoms. The molecule has 2 aromatic rings. The number of hydrogen-bond acceptors (Lipinski definition) is 11. The molecule has 1 saturated carbocycles. The predicted molar refractivity (Wildman–Crippen MR) is 171 cm³/mol. The Morgan fingerprint density at radius 3 is 2.11 bits per heavy atom. The lowest BCUT2D eigenvalue weighted by Crippen LogP contribution is -2.49. The van der Waals surface area contributed by atoms with Crippen LogP contribution in [0.15, 0.2) is 37.2 Å². The molecule has 0 N–H and O–H groups in total. The van der Waals surface area contributed by atoms with Gasteiger partial charge in [-0.25, -0.2) is 29.3 Å². The molecule has 1 saturated heterocycles. The maximum Gasteiger partial charge on any atom is 0.429 e. The van der Waals surface area contributed by atoms with Crippen molar-refractivity contribution in [1.82, 2.24) is 24.8 Å². The van der Waals surface area contributed by atoms with E-state index in [-0.39, 0.29) is 28.0 Å². The summed E-state index contributed by atoms with van der Waals surface area (Å²) in [4.78, 5) is 66.9. The van der Waals surface area contributed by atoms with Crippen molar-refractivity contribution in [2.75, 3.05) is 13.2 Å². The number of pyridine rings is 1. The van der Waals surface area contributed by atoms with Crippen LogP contribution >= 0.6 is 11.6 Å². The van der Waals surface area contributed by atoms with Crippen molar-refractivity contribution in [3.8, 4) is 11.4 Å². The van der Waals surface area contributed by atoms with Crippen LogP contribution in [-0.2, 0) is 30.2 Å². The van der Waals surface area contributed by atoms with Crippen molar-refractivity contribution in [3.05, 3.63) is 53.6 Å². The van der Waals surface area contributed by atoms with Crippen LogP contribution in [0.2, 0.25) is 5.15 Å². The van der Waals surface area contributed by atoms with Gasteiger partial charge in [-0.1, -0.05) is 18.2 Å².